The van der Waals surface area contributed by atoms with Gasteiger partial charge in [-0.25, -0.2) is 4.98 Å². The van der Waals surface area contributed by atoms with E-state index in [4.69, 9.17) is 0 Å². The molecule has 0 spiro atoms. The fraction of sp³-hybridized carbons (Fsp3) is 0.714. The van der Waals surface area contributed by atoms with Gasteiger partial charge < -0.3 is 10.2 Å². The van der Waals surface area contributed by atoms with Crippen molar-refractivity contribution in [2.24, 2.45) is 10.4 Å². The predicted octanol–water partition coefficient (Wildman–Crippen LogP) is 2.47. The van der Waals surface area contributed by atoms with Crippen molar-refractivity contribution < 1.29 is 8.78 Å². The van der Waals surface area contributed by atoms with Gasteiger partial charge in [0.05, 0.1) is 6.54 Å². The molecule has 1 fully saturated rings. The van der Waals surface area contributed by atoms with Crippen LogP contribution >= 0.6 is 0 Å². The molecule has 0 radical (unpaired) electrons. The molecule has 21 heavy (non-hydrogen) atoms. The van der Waals surface area contributed by atoms with Gasteiger partial charge in [0, 0.05) is 36.9 Å². The third-order valence-corrected chi connectivity index (χ3v) is 4.72. The van der Waals surface area contributed by atoms with Gasteiger partial charge in [0.1, 0.15) is 5.82 Å². The van der Waals surface area contributed by atoms with Gasteiger partial charge in [-0.1, -0.05) is 13.8 Å². The largest absolute Gasteiger partial charge is 0.349 e. The van der Waals surface area contributed by atoms with E-state index < -0.39 is 6.55 Å². The predicted molar refractivity (Wildman–Crippen MR) is 78.2 cm³/mol. The van der Waals surface area contributed by atoms with Crippen molar-refractivity contribution in [2.45, 2.75) is 46.3 Å². The molecule has 1 saturated heterocycles. The summed E-state index contributed by atoms with van der Waals surface area (Å²) in [6.07, 6.45) is 2.66. The van der Waals surface area contributed by atoms with Crippen LogP contribution in [0.2, 0.25) is 0 Å². The Kier molecular flexibility index (Phi) is 3.95. The lowest BCUT2D eigenvalue weighted by Crippen LogP contribution is -2.72. The first-order valence-electron chi connectivity index (χ1n) is 6.99. The first kappa shape index (κ1) is 15.7. The van der Waals surface area contributed by atoms with Gasteiger partial charge in [0.25, 0.3) is 0 Å². The first-order valence-corrected chi connectivity index (χ1v) is 6.99. The molecule has 1 N–H and O–H groups in total. The number of aliphatic imine (C=N–C) groups is 1. The van der Waals surface area contributed by atoms with Crippen LogP contribution in [0.5, 0.6) is 0 Å². The second kappa shape index (κ2) is 5.27. The molecule has 7 heteroatoms. The summed E-state index contributed by atoms with van der Waals surface area (Å²) in [5.74, 6) is 1.01. The number of aromatic nitrogens is 2. The Morgan fingerprint density at radius 3 is 2.57 bits per heavy atom. The van der Waals surface area contributed by atoms with Gasteiger partial charge in [-0.2, -0.15) is 8.78 Å². The van der Waals surface area contributed by atoms with Gasteiger partial charge in [0.15, 0.2) is 5.96 Å². The van der Waals surface area contributed by atoms with E-state index in [1.54, 1.807) is 7.05 Å². The molecule has 0 aliphatic carbocycles. The maximum absolute atomic E-state index is 12.8. The molecular formula is C14H23F2N5. The van der Waals surface area contributed by atoms with Crippen LogP contribution in [0.3, 0.4) is 0 Å². The highest BCUT2D eigenvalue weighted by Crippen LogP contribution is 2.46. The van der Waals surface area contributed by atoms with Crippen molar-refractivity contribution in [1.29, 1.82) is 0 Å². The number of rotatable bonds is 3. The number of nitrogens with zero attached hydrogens (tertiary/aromatic N) is 4. The van der Waals surface area contributed by atoms with E-state index in [2.05, 4.69) is 47.9 Å². The Hall–Kier alpha value is -1.66. The molecular weight excluding hydrogens is 276 g/mol. The standard InChI is InChI=1S/C14H23F2N5/c1-13(2)9-21(14(13,3)4)12(17-5)19-8-10-18-6-7-20(10)11(15)16/h6-7,11H,8-9H2,1-5H3,(H,17,19). The molecule has 0 atom stereocenters. The molecule has 118 valence electrons. The molecule has 0 amide bonds. The molecule has 2 heterocycles. The van der Waals surface area contributed by atoms with Gasteiger partial charge in [-0.3, -0.25) is 9.56 Å². The number of hydrogen-bond donors (Lipinski definition) is 1. The smallest absolute Gasteiger partial charge is 0.319 e. The fourth-order valence-corrected chi connectivity index (χ4v) is 2.51. The third-order valence-electron chi connectivity index (χ3n) is 4.72. The van der Waals surface area contributed by atoms with E-state index in [0.29, 0.717) is 11.8 Å². The van der Waals surface area contributed by atoms with Crippen LogP contribution in [0.1, 0.15) is 40.1 Å². The summed E-state index contributed by atoms with van der Waals surface area (Å²) in [5.41, 5.74) is 0.152. The SMILES string of the molecule is CN=C(NCc1nccn1C(F)F)N1CC(C)(C)C1(C)C. The monoisotopic (exact) mass is 299 g/mol. The van der Waals surface area contributed by atoms with Gasteiger partial charge in [-0.05, 0) is 13.8 Å². The molecule has 1 aliphatic rings. The summed E-state index contributed by atoms with van der Waals surface area (Å²) in [6, 6.07) is 0. The number of imidazole rings is 1. The van der Waals surface area contributed by atoms with E-state index >= 15 is 0 Å². The van der Waals surface area contributed by atoms with E-state index in [9.17, 15) is 8.78 Å². The second-order valence-electron chi connectivity index (χ2n) is 6.46. The molecule has 0 bridgehead atoms. The van der Waals surface area contributed by atoms with Crippen LogP contribution in [0, 0.1) is 5.41 Å². The van der Waals surface area contributed by atoms with Crippen LogP contribution in [0.4, 0.5) is 8.78 Å². The van der Waals surface area contributed by atoms with E-state index in [0.717, 1.165) is 11.1 Å². The average Bonchev–Trinajstić information content (AvgIpc) is 2.86. The number of guanidine groups is 1. The van der Waals surface area contributed by atoms with E-state index in [1.165, 1.54) is 12.4 Å². The van der Waals surface area contributed by atoms with Gasteiger partial charge in [-0.15, -0.1) is 0 Å². The summed E-state index contributed by atoms with van der Waals surface area (Å²) < 4.78 is 26.4. The van der Waals surface area contributed by atoms with Crippen LogP contribution < -0.4 is 5.32 Å². The molecule has 0 saturated carbocycles. The molecule has 1 aliphatic heterocycles. The maximum atomic E-state index is 12.8. The Labute approximate surface area is 124 Å². The highest BCUT2D eigenvalue weighted by Gasteiger charge is 2.53. The zero-order valence-electron chi connectivity index (χ0n) is 13.2. The van der Waals surface area contributed by atoms with Crippen LogP contribution in [0.15, 0.2) is 17.4 Å². The van der Waals surface area contributed by atoms with Crippen LogP contribution in [-0.2, 0) is 6.54 Å². The van der Waals surface area contributed by atoms with E-state index in [1.807, 2.05) is 0 Å². The second-order valence-corrected chi connectivity index (χ2v) is 6.46. The fourth-order valence-electron chi connectivity index (χ4n) is 2.51. The zero-order valence-corrected chi connectivity index (χ0v) is 13.2. The van der Waals surface area contributed by atoms with Crippen LogP contribution in [0.25, 0.3) is 0 Å². The first-order chi connectivity index (χ1) is 9.70. The molecule has 2 rings (SSSR count). The summed E-state index contributed by atoms with van der Waals surface area (Å²) in [5, 5.41) is 3.12. The maximum Gasteiger partial charge on any atom is 0.319 e. The minimum atomic E-state index is -2.58. The van der Waals surface area contributed by atoms with Crippen molar-refractivity contribution >= 4 is 5.96 Å². The number of hydrogen-bond acceptors (Lipinski definition) is 2. The minimum Gasteiger partial charge on any atom is -0.349 e. The Morgan fingerprint density at radius 2 is 2.10 bits per heavy atom. The summed E-state index contributed by atoms with van der Waals surface area (Å²) in [4.78, 5) is 10.4. The molecule has 1 aromatic heterocycles. The number of alkyl halides is 2. The normalized spacial score (nSPS) is 20.6. The lowest BCUT2D eigenvalue weighted by Gasteiger charge is -2.62. The highest BCUT2D eigenvalue weighted by atomic mass is 19.3. The van der Waals surface area contributed by atoms with Gasteiger partial charge in [0.2, 0.25) is 0 Å². The summed E-state index contributed by atoms with van der Waals surface area (Å²) in [7, 11) is 1.70. The quantitative estimate of drug-likeness (QED) is 0.689. The lowest BCUT2D eigenvalue weighted by atomic mass is 9.65. The van der Waals surface area contributed by atoms with Crippen LogP contribution in [-0.4, -0.2) is 39.5 Å². The molecule has 1 aromatic rings. The van der Waals surface area contributed by atoms with Crippen molar-refractivity contribution in [1.82, 2.24) is 19.8 Å². The lowest BCUT2D eigenvalue weighted by molar-refractivity contribution is -0.0668. The number of likely N-dealkylation sites (tertiary alicyclic amines) is 1. The van der Waals surface area contributed by atoms with Crippen molar-refractivity contribution in [2.75, 3.05) is 13.6 Å². The van der Waals surface area contributed by atoms with Crippen molar-refractivity contribution in [3.05, 3.63) is 18.2 Å². The van der Waals surface area contributed by atoms with E-state index in [-0.39, 0.29) is 17.5 Å². The van der Waals surface area contributed by atoms with Crippen molar-refractivity contribution in [3.8, 4) is 0 Å². The number of halogens is 2. The molecule has 0 unspecified atom stereocenters. The summed E-state index contributed by atoms with van der Waals surface area (Å²) >= 11 is 0. The summed E-state index contributed by atoms with van der Waals surface area (Å²) in [6.45, 7) is 7.25. The van der Waals surface area contributed by atoms with Gasteiger partial charge >= 0.3 is 6.55 Å². The number of nitrogens with one attached hydrogen (secondary N) is 1. The third kappa shape index (κ3) is 2.61. The molecule has 5 nitrogen and oxygen atoms in total. The zero-order chi connectivity index (χ0) is 15.8. The molecule has 0 aromatic carbocycles. The van der Waals surface area contributed by atoms with Crippen molar-refractivity contribution in [3.63, 3.8) is 0 Å². The Morgan fingerprint density at radius 1 is 1.43 bits per heavy atom. The Bertz CT molecular complexity index is 533. The minimum absolute atomic E-state index is 0.0347. The Balaban J connectivity index is 2.04. The topological polar surface area (TPSA) is 45.5 Å². The average molecular weight is 299 g/mol. The highest BCUT2D eigenvalue weighted by molar-refractivity contribution is 5.81.